The fraction of sp³-hybridized carbons (Fsp3) is 1.00. The summed E-state index contributed by atoms with van der Waals surface area (Å²) in [4.78, 5) is 17.6. The van der Waals surface area contributed by atoms with Gasteiger partial charge in [-0.3, -0.25) is 0 Å². The van der Waals surface area contributed by atoms with Crippen molar-refractivity contribution in [3.63, 3.8) is 0 Å². The van der Waals surface area contributed by atoms with E-state index in [4.69, 9.17) is 25.7 Å². The van der Waals surface area contributed by atoms with Crippen LogP contribution in [0.15, 0.2) is 0 Å². The second-order valence-corrected chi connectivity index (χ2v) is 2.98. The second-order valence-electron chi connectivity index (χ2n) is 2.41. The van der Waals surface area contributed by atoms with Gasteiger partial charge in [0.05, 0.1) is 12.7 Å². The Morgan fingerprint density at radius 3 is 2.00 bits per heavy atom. The van der Waals surface area contributed by atoms with Crippen molar-refractivity contribution in [3.05, 3.63) is 0 Å². The molecule has 0 aliphatic heterocycles. The van der Waals surface area contributed by atoms with Gasteiger partial charge in [0.15, 0.2) is 0 Å². The van der Waals surface area contributed by atoms with Crippen LogP contribution in [0.25, 0.3) is 0 Å². The molecule has 14 heavy (non-hydrogen) atoms. The molecule has 0 rings (SSSR count). The van der Waals surface area contributed by atoms with Crippen LogP contribution >= 0.6 is 8.53 Å². The normalized spacial score (nSPS) is 11.4. The first-order chi connectivity index (χ1) is 6.04. The van der Waals surface area contributed by atoms with Gasteiger partial charge in [-0.25, -0.2) is 8.53 Å². The maximum Gasteiger partial charge on any atom is 2.00 e. The fourth-order valence-electron chi connectivity index (χ4n) is 0.616. The van der Waals surface area contributed by atoms with Crippen LogP contribution in [0.1, 0.15) is 19.3 Å². The first kappa shape index (κ1) is 20.2. The van der Waals surface area contributed by atoms with E-state index in [2.05, 4.69) is 5.50 Å². The summed E-state index contributed by atoms with van der Waals surface area (Å²) in [6, 6.07) is 0. The third-order valence-corrected chi connectivity index (χ3v) is 1.20. The molecule has 8 heteroatoms. The molecule has 6 N–H and O–H groups in total. The zero-order valence-electron chi connectivity index (χ0n) is 7.73. The molecule has 0 amide bonds. The summed E-state index contributed by atoms with van der Waals surface area (Å²) in [5.74, 6) is 0. The molecule has 1 atom stereocenters. The van der Waals surface area contributed by atoms with E-state index in [-0.39, 0.29) is 23.7 Å². The zero-order valence-corrected chi connectivity index (χ0v) is 9.56. The Morgan fingerprint density at radius 2 is 1.71 bits per heavy atom. The Labute approximate surface area is 95.8 Å². The molecule has 0 aliphatic rings. The average Bonchev–Trinajstić information content (AvgIpc) is 2.03. The van der Waals surface area contributed by atoms with Crippen molar-refractivity contribution in [2.45, 2.75) is 25.4 Å². The smallest absolute Gasteiger partial charge is 0.830 e. The van der Waals surface area contributed by atoms with E-state index >= 15 is 0 Å². The molecule has 0 aliphatic carbocycles. The number of aliphatic hydroxyl groups is 2. The standard InChI is InChI=1S/C6H15NO2.Cu.H2NO2P/c7-4-2-1-3-6(9)5-8;;1-4(2)3/h6,8-9H,1-5,7H2;;1H2/q;+2;-2. The van der Waals surface area contributed by atoms with Crippen molar-refractivity contribution in [1.29, 1.82) is 0 Å². The van der Waals surface area contributed by atoms with Crippen LogP contribution in [0, 0.1) is 0 Å². The van der Waals surface area contributed by atoms with Gasteiger partial charge in [-0.1, -0.05) is 0 Å². The molecule has 1 radical (unpaired) electrons. The summed E-state index contributed by atoms with van der Waals surface area (Å²) >= 11 is 0. The Kier molecular flexibility index (Phi) is 23.3. The van der Waals surface area contributed by atoms with Gasteiger partial charge < -0.3 is 31.2 Å². The largest absolute Gasteiger partial charge is 2.00 e. The monoisotopic (exact) mass is 275 g/mol. The van der Waals surface area contributed by atoms with Crippen LogP contribution in [-0.2, 0) is 17.1 Å². The second kappa shape index (κ2) is 16.2. The molecule has 0 saturated heterocycles. The zero-order chi connectivity index (χ0) is 10.7. The number of unbranched alkanes of at least 4 members (excludes halogenated alkanes) is 1. The Bertz CT molecular complexity index is 99.1. The third-order valence-electron chi connectivity index (χ3n) is 1.20. The van der Waals surface area contributed by atoms with Crippen LogP contribution in [0.5, 0.6) is 0 Å². The van der Waals surface area contributed by atoms with Crippen LogP contribution in [0.2, 0.25) is 0 Å². The average molecular weight is 276 g/mol. The van der Waals surface area contributed by atoms with Gasteiger partial charge in [-0.05, 0) is 25.8 Å². The fourth-order valence-corrected chi connectivity index (χ4v) is 0.616. The molecule has 0 saturated carbocycles. The molecule has 0 spiro atoms. The summed E-state index contributed by atoms with van der Waals surface area (Å²) < 4.78 is 0. The minimum absolute atomic E-state index is 0. The molecule has 0 aromatic rings. The van der Waals surface area contributed by atoms with Crippen LogP contribution < -0.4 is 21.0 Å². The quantitative estimate of drug-likeness (QED) is 0.246. The van der Waals surface area contributed by atoms with E-state index in [0.29, 0.717) is 13.0 Å². The van der Waals surface area contributed by atoms with Crippen molar-refractivity contribution in [2.24, 2.45) is 11.2 Å². The van der Waals surface area contributed by atoms with E-state index in [9.17, 15) is 0 Å². The van der Waals surface area contributed by atoms with Crippen LogP contribution in [0.3, 0.4) is 0 Å². The first-order valence-corrected chi connectivity index (χ1v) is 5.17. The van der Waals surface area contributed by atoms with Gasteiger partial charge in [-0.15, -0.1) is 0 Å². The van der Waals surface area contributed by atoms with Crippen LogP contribution in [0.4, 0.5) is 0 Å². The predicted molar refractivity (Wildman–Crippen MR) is 47.1 cm³/mol. The summed E-state index contributed by atoms with van der Waals surface area (Å²) in [5, 5.41) is 17.1. The van der Waals surface area contributed by atoms with Crippen molar-refractivity contribution >= 4 is 8.53 Å². The summed E-state index contributed by atoms with van der Waals surface area (Å²) in [6.07, 6.45) is 1.94. The molecular weight excluding hydrogens is 259 g/mol. The first-order valence-electron chi connectivity index (χ1n) is 3.92. The number of rotatable bonds is 5. The van der Waals surface area contributed by atoms with E-state index in [0.717, 1.165) is 12.8 Å². The van der Waals surface area contributed by atoms with Gasteiger partial charge >= 0.3 is 17.1 Å². The third kappa shape index (κ3) is 29.3. The molecule has 0 heterocycles. The molecule has 0 aromatic carbocycles. The number of hydrogen-bond acceptors (Lipinski definition) is 6. The minimum atomic E-state index is -2.62. The minimum Gasteiger partial charge on any atom is -0.830 e. The molecule has 0 bridgehead atoms. The maximum absolute atomic E-state index is 8.81. The van der Waals surface area contributed by atoms with Crippen molar-refractivity contribution in [1.82, 2.24) is 0 Å². The van der Waals surface area contributed by atoms with Crippen LogP contribution in [-0.4, -0.2) is 29.5 Å². The van der Waals surface area contributed by atoms with Crippen molar-refractivity contribution in [2.75, 3.05) is 13.2 Å². The molecule has 0 fully saturated rings. The maximum atomic E-state index is 8.81. The number of aliphatic hydroxyl groups excluding tert-OH is 2. The van der Waals surface area contributed by atoms with Crippen molar-refractivity contribution < 1.29 is 37.1 Å². The Hall–Kier alpha value is 0.709. The van der Waals surface area contributed by atoms with Gasteiger partial charge in [-0.2, -0.15) is 0 Å². The van der Waals surface area contributed by atoms with E-state index in [1.165, 1.54) is 0 Å². The Balaban J connectivity index is -0.000000209. The van der Waals surface area contributed by atoms with E-state index < -0.39 is 14.6 Å². The summed E-state index contributed by atoms with van der Waals surface area (Å²) in [7, 11) is -2.62. The number of hydrogen-bond donors (Lipinski definition) is 4. The Morgan fingerprint density at radius 1 is 1.29 bits per heavy atom. The number of nitrogens with two attached hydrogens (primary N) is 2. The predicted octanol–water partition coefficient (Wildman–Crippen LogP) is -2.64. The topological polar surface area (TPSA) is 139 Å². The molecular formula is C6H17CuN2O4P. The van der Waals surface area contributed by atoms with E-state index in [1.807, 2.05) is 0 Å². The van der Waals surface area contributed by atoms with Gasteiger partial charge in [0, 0.05) is 0 Å². The van der Waals surface area contributed by atoms with Gasteiger partial charge in [0.2, 0.25) is 0 Å². The molecule has 0 aromatic heterocycles. The van der Waals surface area contributed by atoms with E-state index in [1.54, 1.807) is 0 Å². The molecule has 1 unspecified atom stereocenters. The molecule has 91 valence electrons. The summed E-state index contributed by atoms with van der Waals surface area (Å²) in [6.45, 7) is 0.530. The SMILES string of the molecule is NCCCCC(O)CO.NP([O-])[O-].[Cu+2]. The molecule has 6 nitrogen and oxygen atoms in total. The van der Waals surface area contributed by atoms with Gasteiger partial charge in [0.1, 0.15) is 0 Å². The van der Waals surface area contributed by atoms with Gasteiger partial charge in [0.25, 0.3) is 0 Å². The van der Waals surface area contributed by atoms with Crippen molar-refractivity contribution in [3.8, 4) is 0 Å². The summed E-state index contributed by atoms with van der Waals surface area (Å²) in [5.41, 5.74) is 9.28.